The van der Waals surface area contributed by atoms with Crippen molar-refractivity contribution in [3.8, 4) is 5.75 Å². The predicted molar refractivity (Wildman–Crippen MR) is 126 cm³/mol. The molecule has 0 amide bonds. The van der Waals surface area contributed by atoms with Gasteiger partial charge in [-0.3, -0.25) is 15.0 Å². The molecule has 1 atom stereocenters. The summed E-state index contributed by atoms with van der Waals surface area (Å²) in [5.74, 6) is -0.672. The first kappa shape index (κ1) is 23.9. The fourth-order valence-corrected chi connectivity index (χ4v) is 4.68. The third kappa shape index (κ3) is 5.64. The minimum atomic E-state index is -0.930. The normalized spacial score (nSPS) is 17.1. The van der Waals surface area contributed by atoms with E-state index in [1.54, 1.807) is 24.3 Å². The summed E-state index contributed by atoms with van der Waals surface area (Å²) in [4.78, 5) is 28.1. The number of aryl methyl sites for hydroxylation is 2. The smallest absolute Gasteiger partial charge is 0.347 e. The summed E-state index contributed by atoms with van der Waals surface area (Å²) < 4.78 is 24.0. The van der Waals surface area contributed by atoms with E-state index in [4.69, 9.17) is 9.47 Å². The minimum absolute atomic E-state index is 0.109. The second-order valence-electron chi connectivity index (χ2n) is 8.78. The molecule has 8 nitrogen and oxygen atoms in total. The number of nitro benzene ring substituents is 1. The second-order valence-corrected chi connectivity index (χ2v) is 8.78. The van der Waals surface area contributed by atoms with Gasteiger partial charge in [0.1, 0.15) is 5.82 Å². The highest BCUT2D eigenvalue weighted by atomic mass is 19.1. The number of benzene rings is 2. The first-order valence-electron chi connectivity index (χ1n) is 11.7. The van der Waals surface area contributed by atoms with Crippen LogP contribution in [0.3, 0.4) is 0 Å². The third-order valence-electron chi connectivity index (χ3n) is 6.62. The first-order valence-corrected chi connectivity index (χ1v) is 11.7. The third-order valence-corrected chi connectivity index (χ3v) is 6.62. The van der Waals surface area contributed by atoms with Crippen LogP contribution in [0.15, 0.2) is 36.4 Å². The van der Waals surface area contributed by atoms with Crippen LogP contribution in [0.5, 0.6) is 5.75 Å². The van der Waals surface area contributed by atoms with Gasteiger partial charge in [-0.2, -0.15) is 0 Å². The highest BCUT2D eigenvalue weighted by Crippen LogP contribution is 2.35. The maximum absolute atomic E-state index is 13.2. The lowest BCUT2D eigenvalue weighted by atomic mass is 9.91. The fourth-order valence-electron chi connectivity index (χ4n) is 4.68. The molecule has 0 radical (unpaired) electrons. The summed E-state index contributed by atoms with van der Waals surface area (Å²) in [6, 6.07) is 9.78. The summed E-state index contributed by atoms with van der Waals surface area (Å²) in [7, 11) is 1.29. The summed E-state index contributed by atoms with van der Waals surface area (Å²) in [5.41, 5.74) is 2.91. The van der Waals surface area contributed by atoms with Crippen molar-refractivity contribution < 1.29 is 23.6 Å². The molecular weight excluding hydrogens is 441 g/mol. The second kappa shape index (κ2) is 10.8. The number of ether oxygens (including phenoxy) is 2. The Balaban J connectivity index is 1.39. The van der Waals surface area contributed by atoms with Crippen LogP contribution in [-0.4, -0.2) is 61.7 Å². The van der Waals surface area contributed by atoms with Gasteiger partial charge in [-0.1, -0.05) is 0 Å². The highest BCUT2D eigenvalue weighted by Gasteiger charge is 2.28. The molecule has 0 N–H and O–H groups in total. The molecule has 1 fully saturated rings. The lowest BCUT2D eigenvalue weighted by Gasteiger charge is -2.36. The molecule has 2 aromatic carbocycles. The monoisotopic (exact) mass is 471 g/mol. The molecule has 0 saturated carbocycles. The number of hydrogen-bond donors (Lipinski definition) is 0. The molecule has 0 aromatic heterocycles. The summed E-state index contributed by atoms with van der Waals surface area (Å²) >= 11 is 0. The lowest BCUT2D eigenvalue weighted by Crippen LogP contribution is -2.47. The number of hydrogen-bond acceptors (Lipinski definition) is 7. The number of carbonyl (C=O) groups is 1. The maximum Gasteiger partial charge on any atom is 0.347 e. The van der Waals surface area contributed by atoms with Gasteiger partial charge in [-0.25, -0.2) is 9.18 Å². The van der Waals surface area contributed by atoms with Crippen molar-refractivity contribution in [3.63, 3.8) is 0 Å². The van der Waals surface area contributed by atoms with Gasteiger partial charge in [0.15, 0.2) is 11.9 Å². The van der Waals surface area contributed by atoms with E-state index in [-0.39, 0.29) is 17.3 Å². The molecular formula is C25H30FN3O5. The molecule has 2 aliphatic rings. The molecule has 1 aliphatic heterocycles. The SMILES string of the molecule is COC(=O)C(CCN1CCN(c2ccc(F)cc2)CC1)Oc1cc2c(cc1[N+](=O)[O-])CCCC2. The number of anilines is 1. The van der Waals surface area contributed by atoms with Crippen LogP contribution in [-0.2, 0) is 22.4 Å². The average molecular weight is 472 g/mol. The zero-order valence-corrected chi connectivity index (χ0v) is 19.4. The first-order chi connectivity index (χ1) is 16.4. The lowest BCUT2D eigenvalue weighted by molar-refractivity contribution is -0.386. The van der Waals surface area contributed by atoms with Crippen LogP contribution >= 0.6 is 0 Å². The van der Waals surface area contributed by atoms with Gasteiger partial charge in [0.2, 0.25) is 0 Å². The molecule has 0 spiro atoms. The van der Waals surface area contributed by atoms with E-state index in [1.807, 2.05) is 0 Å². The molecule has 34 heavy (non-hydrogen) atoms. The van der Waals surface area contributed by atoms with E-state index in [0.29, 0.717) is 13.0 Å². The number of rotatable bonds is 8. The van der Waals surface area contributed by atoms with Crippen LogP contribution < -0.4 is 9.64 Å². The highest BCUT2D eigenvalue weighted by molar-refractivity contribution is 5.75. The van der Waals surface area contributed by atoms with Crippen LogP contribution in [0.2, 0.25) is 0 Å². The van der Waals surface area contributed by atoms with Gasteiger partial charge in [-0.05, 0) is 67.1 Å². The molecule has 1 aliphatic carbocycles. The Kier molecular flexibility index (Phi) is 7.62. The van der Waals surface area contributed by atoms with Gasteiger partial charge >= 0.3 is 11.7 Å². The number of halogens is 1. The van der Waals surface area contributed by atoms with E-state index >= 15 is 0 Å². The van der Waals surface area contributed by atoms with Crippen LogP contribution in [0, 0.1) is 15.9 Å². The molecule has 1 unspecified atom stereocenters. The van der Waals surface area contributed by atoms with Crippen molar-refractivity contribution in [1.29, 1.82) is 0 Å². The predicted octanol–water partition coefficient (Wildman–Crippen LogP) is 3.75. The largest absolute Gasteiger partial charge is 0.471 e. The molecule has 9 heteroatoms. The number of piperazine rings is 1. The summed E-state index contributed by atoms with van der Waals surface area (Å²) in [5, 5.41) is 11.7. The Morgan fingerprint density at radius 3 is 2.35 bits per heavy atom. The average Bonchev–Trinajstić information content (AvgIpc) is 2.86. The number of nitro groups is 1. The van der Waals surface area contributed by atoms with Crippen molar-refractivity contribution >= 4 is 17.3 Å². The zero-order valence-electron chi connectivity index (χ0n) is 19.4. The summed E-state index contributed by atoms with van der Waals surface area (Å²) in [6.45, 7) is 3.72. The minimum Gasteiger partial charge on any atom is -0.471 e. The maximum atomic E-state index is 13.2. The summed E-state index contributed by atoms with van der Waals surface area (Å²) in [6.07, 6.45) is 3.15. The van der Waals surface area contributed by atoms with E-state index in [2.05, 4.69) is 9.80 Å². The number of carbonyl (C=O) groups excluding carboxylic acids is 1. The Labute approximate surface area is 198 Å². The molecule has 1 saturated heterocycles. The van der Waals surface area contributed by atoms with Crippen molar-refractivity contribution in [2.75, 3.05) is 44.7 Å². The Morgan fingerprint density at radius 2 is 1.74 bits per heavy atom. The van der Waals surface area contributed by atoms with Crippen molar-refractivity contribution in [2.24, 2.45) is 0 Å². The van der Waals surface area contributed by atoms with Crippen LogP contribution in [0.1, 0.15) is 30.4 Å². The van der Waals surface area contributed by atoms with Gasteiger partial charge in [-0.15, -0.1) is 0 Å². The Bertz CT molecular complexity index is 1020. The standard InChI is InChI=1S/C25H30FN3O5/c1-33-25(30)23(34-24-17-19-5-3-2-4-18(19)16-22(24)29(31)32)10-11-27-12-14-28(15-13-27)21-8-6-20(26)7-9-21/h6-9,16-17,23H,2-5,10-15H2,1H3. The topological polar surface area (TPSA) is 85.2 Å². The van der Waals surface area contributed by atoms with E-state index in [9.17, 15) is 19.3 Å². The van der Waals surface area contributed by atoms with Crippen molar-refractivity contribution in [2.45, 2.75) is 38.2 Å². The molecule has 2 aromatic rings. The fraction of sp³-hybridized carbons (Fsp3) is 0.480. The van der Waals surface area contributed by atoms with Gasteiger partial charge < -0.3 is 14.4 Å². The molecule has 0 bridgehead atoms. The van der Waals surface area contributed by atoms with E-state index in [1.165, 1.54) is 19.2 Å². The molecule has 4 rings (SSSR count). The molecule has 1 heterocycles. The molecule has 182 valence electrons. The van der Waals surface area contributed by atoms with Gasteiger partial charge in [0.05, 0.1) is 12.0 Å². The van der Waals surface area contributed by atoms with Crippen molar-refractivity contribution in [3.05, 3.63) is 63.5 Å². The Morgan fingerprint density at radius 1 is 1.09 bits per heavy atom. The van der Waals surface area contributed by atoms with E-state index in [0.717, 1.165) is 68.7 Å². The van der Waals surface area contributed by atoms with Crippen molar-refractivity contribution in [1.82, 2.24) is 4.90 Å². The Hall–Kier alpha value is -3.20. The number of methoxy groups -OCH3 is 1. The number of nitrogens with zero attached hydrogens (tertiary/aromatic N) is 3. The van der Waals surface area contributed by atoms with Crippen LogP contribution in [0.25, 0.3) is 0 Å². The quantitative estimate of drug-likeness (QED) is 0.329. The van der Waals surface area contributed by atoms with Gasteiger partial charge in [0.25, 0.3) is 0 Å². The zero-order chi connectivity index (χ0) is 24.1. The van der Waals surface area contributed by atoms with Gasteiger partial charge in [0, 0.05) is 50.9 Å². The van der Waals surface area contributed by atoms with Crippen LogP contribution in [0.4, 0.5) is 15.8 Å². The number of esters is 1. The van der Waals surface area contributed by atoms with E-state index < -0.39 is 17.0 Å². The number of fused-ring (bicyclic) bond motifs is 1.